The summed E-state index contributed by atoms with van der Waals surface area (Å²) in [6, 6.07) is 8.48. The van der Waals surface area contributed by atoms with Crippen molar-refractivity contribution in [2.75, 3.05) is 0 Å². The van der Waals surface area contributed by atoms with E-state index in [-0.39, 0.29) is 184 Å². The van der Waals surface area contributed by atoms with Gasteiger partial charge < -0.3 is 108 Å². The van der Waals surface area contributed by atoms with Gasteiger partial charge in [0.15, 0.2) is 0 Å². The Balaban J connectivity index is -0.000000138. The van der Waals surface area contributed by atoms with E-state index >= 15 is 0 Å². The van der Waals surface area contributed by atoms with Gasteiger partial charge in [-0.1, -0.05) is 35.4 Å². The van der Waals surface area contributed by atoms with Gasteiger partial charge >= 0.3 is 157 Å². The van der Waals surface area contributed by atoms with E-state index in [1.54, 1.807) is 0 Å². The fraction of sp³-hybridized carbons (Fsp3) is 0.925. The van der Waals surface area contributed by atoms with Crippen LogP contribution in [0.5, 0.6) is 0 Å². The Labute approximate surface area is 858 Å². The second-order valence-electron chi connectivity index (χ2n) is 45.0. The summed E-state index contributed by atoms with van der Waals surface area (Å²) in [6.45, 7) is 103. The summed E-state index contributed by atoms with van der Waals surface area (Å²) >= 11 is 0. The van der Waals surface area contributed by atoms with E-state index in [1.165, 1.54) is 11.1 Å². The minimum atomic E-state index is -3.91. The van der Waals surface area contributed by atoms with Crippen LogP contribution >= 0.6 is 0 Å². The van der Waals surface area contributed by atoms with Crippen molar-refractivity contribution in [3.63, 3.8) is 0 Å². The molecule has 0 bridgehead atoms. The van der Waals surface area contributed by atoms with Gasteiger partial charge in [0.1, 0.15) is 0 Å². The SMILES string of the molecule is CC(C)(C)O[Si]([O-])(OC(C)(C)C)OC(C)(C)C.CC(C)(C)O[Si]([O-])(OC(C)(C)C)OC(C)(C)C.CC(C)(C)O[Si]([O-])(OC(C)(C)C)OC(C)(C)C.CC(C)(C)O[Si]([O-])(OC(C)(C)C)OC(C)(C)C.CC(C)(C)O[Si]([O-])(OC(C)(C)C)OC(C)(C)C.CC(C)(C)O[Si]([O-])(OC(C)(C)C)OC(C)(C)C.Cc1ccc(C)cc1.[K+].[K+].[Sm].[Sm]. The summed E-state index contributed by atoms with van der Waals surface area (Å²) in [6.07, 6.45) is 0. The van der Waals surface area contributed by atoms with Crippen molar-refractivity contribution in [3.8, 4) is 0 Å². The van der Waals surface area contributed by atoms with Crippen molar-refractivity contribution >= 4 is 54.3 Å². The Hall–Kier alpha value is 5.51. The first kappa shape index (κ1) is 140. The molecule has 0 aliphatic heterocycles. The fourth-order valence-electron chi connectivity index (χ4n) is 7.76. The van der Waals surface area contributed by atoms with Crippen molar-refractivity contribution in [1.29, 1.82) is 0 Å². The summed E-state index contributed by atoms with van der Waals surface area (Å²) in [5.41, 5.74) is -7.76. The molecule has 0 atom stereocenters. The van der Waals surface area contributed by atoms with Crippen LogP contribution in [0.1, 0.15) is 385 Å². The molecule has 0 aromatic heterocycles. The molecule has 0 unspecified atom stereocenters. The first-order valence-electron chi connectivity index (χ1n) is 38.4. The maximum absolute atomic E-state index is 12.6. The van der Waals surface area contributed by atoms with Gasteiger partial charge in [-0.05, 0) is 388 Å². The van der Waals surface area contributed by atoms with Crippen LogP contribution in [-0.2, 0) is 79.7 Å². The van der Waals surface area contributed by atoms with E-state index in [4.69, 9.17) is 79.7 Å². The molecule has 1 aromatic rings. The standard InChI is InChI=1S/6C12H27O4Si.C8H10.2K.2Sm/c6*1-10(2,3)14-17(13,15-11(4,5)6)16-12(7,8)9;1-7-3-5-8(2)6-4-7;;;;/h6*1-9H3;3-6H,1-2H3;;;;/q6*-1;;2*+1;;. The van der Waals surface area contributed by atoms with Gasteiger partial charge in [-0.2, -0.15) is 0 Å². The van der Waals surface area contributed by atoms with Crippen molar-refractivity contribution in [1.82, 2.24) is 0 Å². The minimum Gasteiger partial charge on any atom is -0.793 e. The monoisotopic (exact) mass is 2070 g/mol. The molecule has 0 fully saturated rings. The van der Waals surface area contributed by atoms with Crippen LogP contribution in [0.25, 0.3) is 0 Å². The maximum atomic E-state index is 12.6. The number of rotatable bonds is 18. The molecule has 0 saturated carbocycles. The second-order valence-corrected chi connectivity index (χ2v) is 54.7. The van der Waals surface area contributed by atoms with Gasteiger partial charge in [0.05, 0.1) is 101 Å². The molecule has 0 amide bonds. The molecule has 0 N–H and O–H groups in total. The largest absolute Gasteiger partial charge is 1.00 e. The molecule has 114 heavy (non-hydrogen) atoms. The Morgan fingerprint density at radius 2 is 0.193 bits per heavy atom. The third-order valence-corrected chi connectivity index (χ3v) is 24.5. The number of benzene rings is 1. The van der Waals surface area contributed by atoms with Gasteiger partial charge in [-0.3, -0.25) is 0 Å². The van der Waals surface area contributed by atoms with Crippen LogP contribution in [0.4, 0.5) is 0 Å². The van der Waals surface area contributed by atoms with E-state index < -0.39 is 155 Å². The van der Waals surface area contributed by atoms with Crippen molar-refractivity contribution < 1.29 is 292 Å². The molecular formula is C80H172K2O24Si6Sm2-4. The fourth-order valence-corrected chi connectivity index (χ4v) is 22.0. The van der Waals surface area contributed by atoms with Crippen molar-refractivity contribution in [3.05, 3.63) is 35.4 Å². The molecular weight excluding hydrogens is 1890 g/mol. The molecule has 24 nitrogen and oxygen atoms in total. The van der Waals surface area contributed by atoms with E-state index in [9.17, 15) is 28.8 Å². The maximum Gasteiger partial charge on any atom is 1.00 e. The number of hydrogen-bond acceptors (Lipinski definition) is 24. The zero-order chi connectivity index (χ0) is 90.7. The van der Waals surface area contributed by atoms with E-state index in [0.717, 1.165) is 0 Å². The zero-order valence-corrected chi connectivity index (χ0v) is 101. The van der Waals surface area contributed by atoms with Gasteiger partial charge in [0, 0.05) is 80.8 Å². The minimum absolute atomic E-state index is 0. The molecule has 1 aromatic carbocycles. The molecule has 0 saturated heterocycles. The molecule has 0 radical (unpaired) electrons. The van der Waals surface area contributed by atoms with Gasteiger partial charge in [-0.25, -0.2) is 0 Å². The van der Waals surface area contributed by atoms with Gasteiger partial charge in [-0.15, -0.1) is 0 Å². The van der Waals surface area contributed by atoms with Crippen LogP contribution < -0.4 is 132 Å². The van der Waals surface area contributed by atoms with Crippen LogP contribution in [0.15, 0.2) is 24.3 Å². The van der Waals surface area contributed by atoms with Crippen LogP contribution in [0, 0.1) is 94.6 Å². The molecule has 1 rings (SSSR count). The molecule has 0 aliphatic rings. The van der Waals surface area contributed by atoms with Crippen molar-refractivity contribution in [2.24, 2.45) is 0 Å². The topological polar surface area (TPSA) is 304 Å². The Bertz CT molecular complexity index is 2010. The van der Waals surface area contributed by atoms with Crippen molar-refractivity contribution in [2.45, 2.75) is 489 Å². The van der Waals surface area contributed by atoms with Gasteiger partial charge in [0.2, 0.25) is 0 Å². The average Bonchev–Trinajstić information content (AvgIpc) is 0.853. The van der Waals surface area contributed by atoms with Crippen LogP contribution in [0.2, 0.25) is 0 Å². The molecule has 678 valence electrons. The van der Waals surface area contributed by atoms with Gasteiger partial charge in [0.25, 0.3) is 0 Å². The molecule has 0 aliphatic carbocycles. The second kappa shape index (κ2) is 51.9. The summed E-state index contributed by atoms with van der Waals surface area (Å²) in [7, 11) is -23.4. The summed E-state index contributed by atoms with van der Waals surface area (Å²) < 4.78 is 99.3. The third-order valence-electron chi connectivity index (χ3n) is 8.98. The third kappa shape index (κ3) is 105. The predicted molar refractivity (Wildman–Crippen MR) is 446 cm³/mol. The molecule has 0 heterocycles. The zero-order valence-electron chi connectivity index (χ0n) is 83.9. The summed E-state index contributed by atoms with van der Waals surface area (Å²) in [5, 5.41) is 0. The Morgan fingerprint density at radius 3 is 0.228 bits per heavy atom. The van der Waals surface area contributed by atoms with Crippen LogP contribution in [-0.4, -0.2) is 155 Å². The number of aryl methyl sites for hydroxylation is 2. The molecule has 0 spiro atoms. The average molecular weight is 2070 g/mol. The Kier molecular flexibility index (Phi) is 63.8. The number of hydrogen-bond donors (Lipinski definition) is 0. The van der Waals surface area contributed by atoms with E-state index in [1.807, 2.05) is 374 Å². The smallest absolute Gasteiger partial charge is 0.793 e. The van der Waals surface area contributed by atoms with E-state index in [2.05, 4.69) is 38.1 Å². The quantitative estimate of drug-likeness (QED) is 0.123. The van der Waals surface area contributed by atoms with E-state index in [0.29, 0.717) is 0 Å². The Morgan fingerprint density at radius 1 is 0.149 bits per heavy atom. The summed E-state index contributed by atoms with van der Waals surface area (Å²) in [5.74, 6) is 0. The first-order chi connectivity index (χ1) is 46.5. The van der Waals surface area contributed by atoms with Crippen LogP contribution in [0.3, 0.4) is 0 Å². The first-order valence-corrected chi connectivity index (χ1v) is 48.2. The normalized spacial score (nSPS) is 14.2. The predicted octanol–water partition coefficient (Wildman–Crippen LogP) is 9.68. The molecule has 34 heteroatoms. The summed E-state index contributed by atoms with van der Waals surface area (Å²) in [4.78, 5) is 75.7.